The Labute approximate surface area is 436 Å². The van der Waals surface area contributed by atoms with Crippen LogP contribution >= 0.6 is 0 Å². The van der Waals surface area contributed by atoms with Crippen LogP contribution in [0.3, 0.4) is 0 Å². The van der Waals surface area contributed by atoms with Crippen LogP contribution in [-0.2, 0) is 54.1 Å². The smallest absolute Gasteiger partial charge is 0.259 e. The Morgan fingerprint density at radius 1 is 0.392 bits per heavy atom. The van der Waals surface area contributed by atoms with E-state index < -0.39 is 17.2 Å². The molecule has 3 heterocycles. The summed E-state index contributed by atoms with van der Waals surface area (Å²) in [5, 5.41) is 6.23. The number of fused-ring (bicyclic) bond motifs is 4. The minimum atomic E-state index is -0.737. The number of amides is 2. The van der Waals surface area contributed by atoms with Crippen LogP contribution in [-0.4, -0.2) is 144 Å². The van der Waals surface area contributed by atoms with Crippen molar-refractivity contribution >= 4 is 23.2 Å². The summed E-state index contributed by atoms with van der Waals surface area (Å²) in [4.78, 5) is 29.7. The van der Waals surface area contributed by atoms with E-state index in [1.165, 1.54) is 0 Å². The van der Waals surface area contributed by atoms with Gasteiger partial charge in [-0.3, -0.25) is 9.59 Å². The highest BCUT2D eigenvalue weighted by molar-refractivity contribution is 6.09. The first-order chi connectivity index (χ1) is 35.6. The van der Waals surface area contributed by atoms with Crippen molar-refractivity contribution in [3.05, 3.63) is 94.0 Å². The molecule has 3 aliphatic rings. The summed E-state index contributed by atoms with van der Waals surface area (Å²) in [6.07, 6.45) is 0. The van der Waals surface area contributed by atoms with Crippen LogP contribution in [0.5, 0.6) is 34.5 Å². The molecular weight excluding hydrogens is 953 g/mol. The predicted octanol–water partition coefficient (Wildman–Crippen LogP) is 8.89. The van der Waals surface area contributed by atoms with Crippen LogP contribution < -0.4 is 34.3 Å². The first-order valence-electron chi connectivity index (χ1n) is 25.7. The van der Waals surface area contributed by atoms with Crippen LogP contribution in [0.25, 0.3) is 0 Å². The number of nitrogens with one attached hydrogen (secondary N) is 2. The average Bonchev–Trinajstić information content (AvgIpc) is 3.35. The van der Waals surface area contributed by atoms with Crippen LogP contribution in [0.15, 0.2) is 60.7 Å². The monoisotopic (exact) mass is 1030 g/mol. The number of hydrogen-bond donors (Lipinski definition) is 2. The topological polar surface area (TPSA) is 178 Å². The first kappa shape index (κ1) is 56.2. The van der Waals surface area contributed by atoms with Crippen molar-refractivity contribution in [1.29, 1.82) is 0 Å². The second-order valence-electron chi connectivity index (χ2n) is 20.6. The Kier molecular flexibility index (Phi) is 20.4. The standard InChI is InChI=1S/C57H76N2O15/c1-55(2,3)39-33-43(53(60)58-41-9-11-47-49(37-41)72-31-27-68-23-19-64-15-13-62-17-21-66-25-29-70-47)51-45(35-39)57(7,8)46-36-40(56(4,5)6)34-44(52(46)74-51)54(61)59-42-10-12-48-50(38-42)73-32-28-69-24-20-65-16-14-63-18-22-67-26-30-71-48/h9-12,33-38H,13-32H2,1-8H3,(H,58,60)(H,59,61). The van der Waals surface area contributed by atoms with Crippen LogP contribution in [0.1, 0.15) is 98.4 Å². The minimum absolute atomic E-state index is 0.233. The number of hydrogen-bond acceptors (Lipinski definition) is 15. The van der Waals surface area contributed by atoms with Crippen molar-refractivity contribution in [2.24, 2.45) is 0 Å². The molecule has 0 unspecified atom stereocenters. The summed E-state index contributed by atoms with van der Waals surface area (Å²) >= 11 is 0. The van der Waals surface area contributed by atoms with Crippen LogP contribution in [0.2, 0.25) is 0 Å². The third-order valence-corrected chi connectivity index (χ3v) is 12.5. The van der Waals surface area contributed by atoms with E-state index in [2.05, 4.69) is 78.2 Å². The lowest BCUT2D eigenvalue weighted by Gasteiger charge is -2.38. The molecule has 17 nitrogen and oxygen atoms in total. The summed E-state index contributed by atoms with van der Waals surface area (Å²) in [5.74, 6) is 1.71. The maximum absolute atomic E-state index is 14.9. The number of rotatable bonds is 4. The molecule has 0 spiro atoms. The molecule has 0 saturated heterocycles. The normalized spacial score (nSPS) is 18.3. The van der Waals surface area contributed by atoms with E-state index in [1.54, 1.807) is 36.4 Å². The van der Waals surface area contributed by atoms with Crippen molar-refractivity contribution in [3.63, 3.8) is 0 Å². The fraction of sp³-hybridized carbons (Fsp3) is 0.544. The van der Waals surface area contributed by atoms with Crippen LogP contribution in [0, 0.1) is 0 Å². The Hall–Kier alpha value is -5.50. The Balaban J connectivity index is 1.18. The van der Waals surface area contributed by atoms with E-state index in [4.69, 9.17) is 61.6 Å². The molecule has 0 bridgehead atoms. The molecule has 3 aliphatic heterocycles. The lowest BCUT2D eigenvalue weighted by molar-refractivity contribution is -0.00841. The van der Waals surface area contributed by atoms with Gasteiger partial charge in [0.2, 0.25) is 0 Å². The molecule has 0 saturated carbocycles. The van der Waals surface area contributed by atoms with Gasteiger partial charge in [0.25, 0.3) is 11.8 Å². The zero-order chi connectivity index (χ0) is 52.6. The van der Waals surface area contributed by atoms with Crippen molar-refractivity contribution in [2.75, 3.05) is 143 Å². The molecule has 2 amide bonds. The number of carbonyl (C=O) groups excluding carboxylic acids is 2. The number of ether oxygens (including phenoxy) is 13. The van der Waals surface area contributed by atoms with Gasteiger partial charge in [-0.1, -0.05) is 67.5 Å². The molecule has 4 aromatic rings. The molecule has 0 atom stereocenters. The maximum atomic E-state index is 14.9. The van der Waals surface area contributed by atoms with Gasteiger partial charge < -0.3 is 72.2 Å². The van der Waals surface area contributed by atoms with Crippen molar-refractivity contribution in [1.82, 2.24) is 0 Å². The minimum Gasteiger partial charge on any atom is -0.487 e. The Morgan fingerprint density at radius 3 is 0.973 bits per heavy atom. The van der Waals surface area contributed by atoms with Crippen molar-refractivity contribution in [3.8, 4) is 34.5 Å². The van der Waals surface area contributed by atoms with E-state index in [1.807, 2.05) is 12.1 Å². The van der Waals surface area contributed by atoms with Gasteiger partial charge in [-0.05, 0) is 58.4 Å². The Morgan fingerprint density at radius 2 is 0.676 bits per heavy atom. The van der Waals surface area contributed by atoms with E-state index in [-0.39, 0.29) is 37.3 Å². The number of carbonyl (C=O) groups is 2. The molecule has 7 rings (SSSR count). The molecule has 0 aromatic heterocycles. The molecule has 0 radical (unpaired) electrons. The van der Waals surface area contributed by atoms with Gasteiger partial charge in [0.15, 0.2) is 23.0 Å². The SMILES string of the molecule is CC(C)(C)c1cc(C(=O)Nc2ccc3c(c2)OCCOCCOCCOCCOCCO3)c2c(c1)C(C)(C)c1cc(C(C)(C)C)cc(C(=O)Nc3ccc4c(c3)OCCOCCOCCOCCOCCO4)c1O2. The largest absolute Gasteiger partial charge is 0.487 e. The zero-order valence-electron chi connectivity index (χ0n) is 44.5. The fourth-order valence-electron chi connectivity index (χ4n) is 8.25. The predicted molar refractivity (Wildman–Crippen MR) is 280 cm³/mol. The second-order valence-corrected chi connectivity index (χ2v) is 20.6. The molecule has 404 valence electrons. The van der Waals surface area contributed by atoms with E-state index in [9.17, 15) is 9.59 Å². The van der Waals surface area contributed by atoms with Gasteiger partial charge in [-0.2, -0.15) is 0 Å². The quantitative estimate of drug-likeness (QED) is 0.198. The van der Waals surface area contributed by atoms with E-state index >= 15 is 0 Å². The third kappa shape index (κ3) is 15.8. The van der Waals surface area contributed by atoms with Gasteiger partial charge in [0, 0.05) is 40.0 Å². The van der Waals surface area contributed by atoms with Gasteiger partial charge in [0.05, 0.1) is 117 Å². The lowest BCUT2D eigenvalue weighted by atomic mass is 9.70. The zero-order valence-corrected chi connectivity index (χ0v) is 44.5. The summed E-state index contributed by atoms with van der Waals surface area (Å²) in [5.41, 5.74) is 3.64. The molecule has 0 fully saturated rings. The fourth-order valence-corrected chi connectivity index (χ4v) is 8.25. The van der Waals surface area contributed by atoms with Gasteiger partial charge in [0.1, 0.15) is 37.9 Å². The average molecular weight is 1030 g/mol. The molecular formula is C57H76N2O15. The molecule has 2 N–H and O–H groups in total. The maximum Gasteiger partial charge on any atom is 0.259 e. The van der Waals surface area contributed by atoms with E-state index in [0.29, 0.717) is 163 Å². The molecule has 4 aromatic carbocycles. The second kappa shape index (κ2) is 26.8. The summed E-state index contributed by atoms with van der Waals surface area (Å²) < 4.78 is 76.6. The van der Waals surface area contributed by atoms with Gasteiger partial charge >= 0.3 is 0 Å². The van der Waals surface area contributed by atoms with Crippen LogP contribution in [0.4, 0.5) is 11.4 Å². The third-order valence-electron chi connectivity index (χ3n) is 12.5. The van der Waals surface area contributed by atoms with Crippen molar-refractivity contribution in [2.45, 2.75) is 71.6 Å². The summed E-state index contributed by atoms with van der Waals surface area (Å²) in [6.45, 7) is 24.5. The molecule has 17 heteroatoms. The highest BCUT2D eigenvalue weighted by atomic mass is 16.6. The van der Waals surface area contributed by atoms with Crippen molar-refractivity contribution < 1.29 is 71.2 Å². The highest BCUT2D eigenvalue weighted by Crippen LogP contribution is 2.53. The van der Waals surface area contributed by atoms with Gasteiger partial charge in [-0.25, -0.2) is 0 Å². The first-order valence-corrected chi connectivity index (χ1v) is 25.7. The highest BCUT2D eigenvalue weighted by Gasteiger charge is 2.41. The molecule has 74 heavy (non-hydrogen) atoms. The summed E-state index contributed by atoms with van der Waals surface area (Å²) in [6, 6.07) is 18.5. The number of benzene rings is 4. The number of anilines is 2. The lowest BCUT2D eigenvalue weighted by Crippen LogP contribution is -2.30. The van der Waals surface area contributed by atoms with Gasteiger partial charge in [-0.15, -0.1) is 0 Å². The molecule has 0 aliphatic carbocycles. The summed E-state index contributed by atoms with van der Waals surface area (Å²) in [7, 11) is 0. The van der Waals surface area contributed by atoms with E-state index in [0.717, 1.165) is 22.3 Å². The Bertz CT molecular complexity index is 2310.